The lowest BCUT2D eigenvalue weighted by molar-refractivity contribution is -0.141. The Balaban J connectivity index is 3.01. The van der Waals surface area contributed by atoms with Crippen molar-refractivity contribution in [2.75, 3.05) is 13.4 Å². The lowest BCUT2D eigenvalue weighted by Crippen LogP contribution is -2.10. The molecular formula is C9H10F3NO4S. The molecule has 18 heavy (non-hydrogen) atoms. The molecule has 1 aromatic rings. The molecule has 1 rings (SSSR count). The van der Waals surface area contributed by atoms with E-state index in [1.54, 1.807) is 0 Å². The Morgan fingerprint density at radius 1 is 1.39 bits per heavy atom. The Labute approximate surface area is 102 Å². The zero-order valence-corrected chi connectivity index (χ0v) is 10.3. The molecule has 0 spiro atoms. The highest BCUT2D eigenvalue weighted by Crippen LogP contribution is 2.31. The van der Waals surface area contributed by atoms with Crippen molar-refractivity contribution in [1.29, 1.82) is 0 Å². The molecule has 0 bridgehead atoms. The highest BCUT2D eigenvalue weighted by Gasteiger charge is 2.33. The van der Waals surface area contributed by atoms with Crippen molar-refractivity contribution < 1.29 is 30.5 Å². The van der Waals surface area contributed by atoms with Gasteiger partial charge in [-0.2, -0.15) is 21.6 Å². The van der Waals surface area contributed by atoms with E-state index in [4.69, 9.17) is 4.74 Å². The Bertz CT molecular complexity index is 527. The number of rotatable bonds is 4. The quantitative estimate of drug-likeness (QED) is 0.786. The van der Waals surface area contributed by atoms with E-state index in [0.29, 0.717) is 6.07 Å². The Hall–Kier alpha value is -1.35. The number of alkyl halides is 3. The van der Waals surface area contributed by atoms with Gasteiger partial charge in [0.05, 0.1) is 20.0 Å². The summed E-state index contributed by atoms with van der Waals surface area (Å²) < 4.78 is 67.8. The number of pyridine rings is 1. The summed E-state index contributed by atoms with van der Waals surface area (Å²) >= 11 is 0. The lowest BCUT2D eigenvalue weighted by Gasteiger charge is -2.11. The van der Waals surface area contributed by atoms with Gasteiger partial charge < -0.3 is 4.74 Å². The highest BCUT2D eigenvalue weighted by atomic mass is 32.2. The molecule has 0 N–H and O–H groups in total. The monoisotopic (exact) mass is 285 g/mol. The van der Waals surface area contributed by atoms with Crippen LogP contribution in [0, 0.1) is 0 Å². The van der Waals surface area contributed by atoms with E-state index < -0.39 is 28.6 Å². The van der Waals surface area contributed by atoms with Crippen molar-refractivity contribution in [2.45, 2.75) is 12.8 Å². The van der Waals surface area contributed by atoms with E-state index in [-0.39, 0.29) is 11.3 Å². The van der Waals surface area contributed by atoms with Gasteiger partial charge in [0.25, 0.3) is 10.1 Å². The third-order valence-corrected chi connectivity index (χ3v) is 2.43. The number of aromatic nitrogens is 1. The zero-order chi connectivity index (χ0) is 14.0. The zero-order valence-electron chi connectivity index (χ0n) is 9.48. The third-order valence-electron chi connectivity index (χ3n) is 1.88. The summed E-state index contributed by atoms with van der Waals surface area (Å²) in [6.07, 6.45) is -2.90. The first-order valence-electron chi connectivity index (χ1n) is 4.58. The van der Waals surface area contributed by atoms with Crippen molar-refractivity contribution >= 4 is 10.1 Å². The average molecular weight is 285 g/mol. The van der Waals surface area contributed by atoms with Crippen LogP contribution in [0.25, 0.3) is 0 Å². The summed E-state index contributed by atoms with van der Waals surface area (Å²) in [7, 11) is -2.53. The maximum Gasteiger partial charge on any atom is 0.433 e. The van der Waals surface area contributed by atoms with Gasteiger partial charge in [-0.15, -0.1) is 0 Å². The second-order valence-electron chi connectivity index (χ2n) is 3.35. The van der Waals surface area contributed by atoms with Crippen LogP contribution >= 0.6 is 0 Å². The molecule has 102 valence electrons. The molecule has 0 fully saturated rings. The number of hydrogen-bond acceptors (Lipinski definition) is 5. The van der Waals surface area contributed by atoms with Gasteiger partial charge in [-0.3, -0.25) is 9.17 Å². The Kier molecular flexibility index (Phi) is 4.17. The van der Waals surface area contributed by atoms with Crippen LogP contribution in [0.3, 0.4) is 0 Å². The van der Waals surface area contributed by atoms with Gasteiger partial charge in [-0.1, -0.05) is 0 Å². The molecule has 0 atom stereocenters. The smallest absolute Gasteiger partial charge is 0.433 e. The van der Waals surface area contributed by atoms with Gasteiger partial charge in [0.2, 0.25) is 0 Å². The molecular weight excluding hydrogens is 275 g/mol. The number of methoxy groups -OCH3 is 1. The standard InChI is InChI=1S/C9H10F3NO4S/c1-16-7-3-8(9(10,11)12)13-4-6(7)5-17-18(2,14)15/h3-4H,5H2,1-2H3. The molecule has 1 aromatic heterocycles. The first-order chi connectivity index (χ1) is 8.13. The summed E-state index contributed by atoms with van der Waals surface area (Å²) in [5.74, 6) is -0.138. The molecule has 0 saturated carbocycles. The van der Waals surface area contributed by atoms with E-state index in [1.807, 2.05) is 0 Å². The molecule has 0 aliphatic heterocycles. The van der Waals surface area contributed by atoms with Crippen LogP contribution in [0.1, 0.15) is 11.3 Å². The van der Waals surface area contributed by atoms with E-state index in [9.17, 15) is 21.6 Å². The molecule has 0 unspecified atom stereocenters. The van der Waals surface area contributed by atoms with Crippen LogP contribution in [-0.4, -0.2) is 26.8 Å². The van der Waals surface area contributed by atoms with Gasteiger partial charge in [0, 0.05) is 17.8 Å². The maximum absolute atomic E-state index is 12.4. The number of nitrogens with zero attached hydrogens (tertiary/aromatic N) is 1. The van der Waals surface area contributed by atoms with Gasteiger partial charge in [-0.25, -0.2) is 0 Å². The van der Waals surface area contributed by atoms with Crippen molar-refractivity contribution in [3.63, 3.8) is 0 Å². The molecule has 0 saturated heterocycles. The second kappa shape index (κ2) is 5.11. The average Bonchev–Trinajstić information content (AvgIpc) is 2.23. The summed E-state index contributed by atoms with van der Waals surface area (Å²) in [5.41, 5.74) is -1.02. The molecule has 0 aromatic carbocycles. The van der Waals surface area contributed by atoms with Crippen molar-refractivity contribution in [1.82, 2.24) is 4.98 Å². The minimum atomic E-state index is -4.59. The predicted molar refractivity (Wildman–Crippen MR) is 55.4 cm³/mol. The molecule has 9 heteroatoms. The van der Waals surface area contributed by atoms with Crippen LogP contribution < -0.4 is 4.74 Å². The molecule has 0 radical (unpaired) electrons. The second-order valence-corrected chi connectivity index (χ2v) is 4.99. The fourth-order valence-electron chi connectivity index (χ4n) is 1.09. The molecule has 0 amide bonds. The minimum absolute atomic E-state index is 0.107. The van der Waals surface area contributed by atoms with E-state index in [1.165, 1.54) is 7.11 Å². The van der Waals surface area contributed by atoms with Crippen LogP contribution in [0.5, 0.6) is 5.75 Å². The summed E-state index contributed by atoms with van der Waals surface area (Å²) in [5, 5.41) is 0. The first-order valence-corrected chi connectivity index (χ1v) is 6.39. The largest absolute Gasteiger partial charge is 0.496 e. The number of hydrogen-bond donors (Lipinski definition) is 0. The van der Waals surface area contributed by atoms with E-state index in [2.05, 4.69) is 9.17 Å². The van der Waals surface area contributed by atoms with Crippen molar-refractivity contribution in [3.05, 3.63) is 23.5 Å². The normalized spacial score (nSPS) is 12.5. The van der Waals surface area contributed by atoms with Gasteiger partial charge >= 0.3 is 6.18 Å². The SMILES string of the molecule is COc1cc(C(F)(F)F)ncc1COS(C)(=O)=O. The summed E-state index contributed by atoms with van der Waals surface area (Å²) in [6.45, 7) is -0.437. The lowest BCUT2D eigenvalue weighted by atomic mass is 10.2. The van der Waals surface area contributed by atoms with E-state index in [0.717, 1.165) is 12.5 Å². The first kappa shape index (κ1) is 14.7. The number of ether oxygens (including phenoxy) is 1. The van der Waals surface area contributed by atoms with Gasteiger partial charge in [-0.05, 0) is 0 Å². The van der Waals surface area contributed by atoms with Gasteiger partial charge in [0.15, 0.2) is 0 Å². The highest BCUT2D eigenvalue weighted by molar-refractivity contribution is 7.85. The van der Waals surface area contributed by atoms with E-state index >= 15 is 0 Å². The minimum Gasteiger partial charge on any atom is -0.496 e. The van der Waals surface area contributed by atoms with Crippen LogP contribution in [0.15, 0.2) is 12.3 Å². The number of halogens is 3. The fraction of sp³-hybridized carbons (Fsp3) is 0.444. The van der Waals surface area contributed by atoms with Gasteiger partial charge in [0.1, 0.15) is 11.4 Å². The molecule has 0 aliphatic rings. The third kappa shape index (κ3) is 4.15. The predicted octanol–water partition coefficient (Wildman–Crippen LogP) is 1.59. The van der Waals surface area contributed by atoms with Crippen molar-refractivity contribution in [2.24, 2.45) is 0 Å². The fourth-order valence-corrected chi connectivity index (χ4v) is 1.43. The van der Waals surface area contributed by atoms with Crippen molar-refractivity contribution in [3.8, 4) is 5.75 Å². The summed E-state index contributed by atoms with van der Waals surface area (Å²) in [6, 6.07) is 0.682. The molecule has 0 aliphatic carbocycles. The van der Waals surface area contributed by atoms with Crippen LogP contribution in [0.2, 0.25) is 0 Å². The summed E-state index contributed by atoms with van der Waals surface area (Å²) in [4.78, 5) is 3.18. The maximum atomic E-state index is 12.4. The molecule has 5 nitrogen and oxygen atoms in total. The Morgan fingerprint density at radius 3 is 2.44 bits per heavy atom. The Morgan fingerprint density at radius 2 is 2.00 bits per heavy atom. The topological polar surface area (TPSA) is 65.5 Å². The van der Waals surface area contributed by atoms with Crippen LogP contribution in [0.4, 0.5) is 13.2 Å². The van der Waals surface area contributed by atoms with Crippen LogP contribution in [-0.2, 0) is 27.1 Å². The molecule has 1 heterocycles.